The van der Waals surface area contributed by atoms with Crippen LogP contribution >= 0.6 is 0 Å². The van der Waals surface area contributed by atoms with E-state index in [9.17, 15) is 0 Å². The molecule has 2 aromatic rings. The van der Waals surface area contributed by atoms with E-state index in [-0.39, 0.29) is 0 Å². The third-order valence-corrected chi connectivity index (χ3v) is 2.22. The standard InChI is InChI=1S/C13H12N4O/c1-2-18-12-6-4-3-5-11(12)17-13-9-15-10(7-14)8-16-13/h3-6,8-9H,2H2,1H3,(H,16,17). The van der Waals surface area contributed by atoms with Crippen molar-refractivity contribution in [2.75, 3.05) is 11.9 Å². The van der Waals surface area contributed by atoms with Gasteiger partial charge in [0.1, 0.15) is 17.6 Å². The molecule has 1 aromatic carbocycles. The highest BCUT2D eigenvalue weighted by Gasteiger charge is 2.03. The number of nitrogens with zero attached hydrogens (tertiary/aromatic N) is 3. The normalized spacial score (nSPS) is 9.56. The van der Waals surface area contributed by atoms with Crippen LogP contribution in [0.1, 0.15) is 12.6 Å². The topological polar surface area (TPSA) is 70.8 Å². The molecule has 90 valence electrons. The van der Waals surface area contributed by atoms with Gasteiger partial charge >= 0.3 is 0 Å². The second-order valence-corrected chi connectivity index (χ2v) is 3.45. The molecule has 1 heterocycles. The van der Waals surface area contributed by atoms with E-state index in [1.165, 1.54) is 12.4 Å². The Morgan fingerprint density at radius 2 is 2.11 bits per heavy atom. The fraction of sp³-hybridized carbons (Fsp3) is 0.154. The van der Waals surface area contributed by atoms with Crippen LogP contribution in [0.2, 0.25) is 0 Å². The van der Waals surface area contributed by atoms with Crippen LogP contribution in [0.4, 0.5) is 11.5 Å². The Hall–Kier alpha value is -2.61. The van der Waals surface area contributed by atoms with Crippen LogP contribution in [-0.4, -0.2) is 16.6 Å². The second kappa shape index (κ2) is 5.64. The van der Waals surface area contributed by atoms with Crippen molar-refractivity contribution in [1.29, 1.82) is 5.26 Å². The van der Waals surface area contributed by atoms with Gasteiger partial charge < -0.3 is 10.1 Å². The van der Waals surface area contributed by atoms with Crippen LogP contribution < -0.4 is 10.1 Å². The lowest BCUT2D eigenvalue weighted by molar-refractivity contribution is 0.342. The minimum absolute atomic E-state index is 0.290. The van der Waals surface area contributed by atoms with Gasteiger partial charge in [0.15, 0.2) is 5.69 Å². The number of hydrogen-bond donors (Lipinski definition) is 1. The summed E-state index contributed by atoms with van der Waals surface area (Å²) in [4.78, 5) is 8.04. The minimum atomic E-state index is 0.290. The number of hydrogen-bond acceptors (Lipinski definition) is 5. The zero-order valence-electron chi connectivity index (χ0n) is 9.92. The highest BCUT2D eigenvalue weighted by Crippen LogP contribution is 2.26. The molecule has 5 heteroatoms. The fourth-order valence-electron chi connectivity index (χ4n) is 1.44. The number of ether oxygens (including phenoxy) is 1. The number of para-hydroxylation sites is 2. The molecule has 5 nitrogen and oxygen atoms in total. The Kier molecular flexibility index (Phi) is 3.72. The monoisotopic (exact) mass is 240 g/mol. The average molecular weight is 240 g/mol. The Labute approximate surface area is 105 Å². The summed E-state index contributed by atoms with van der Waals surface area (Å²) < 4.78 is 5.49. The molecule has 0 aliphatic rings. The van der Waals surface area contributed by atoms with E-state index in [0.717, 1.165) is 11.4 Å². The second-order valence-electron chi connectivity index (χ2n) is 3.45. The highest BCUT2D eigenvalue weighted by atomic mass is 16.5. The molecule has 1 N–H and O–H groups in total. The summed E-state index contributed by atoms with van der Waals surface area (Å²) in [5.74, 6) is 1.33. The third-order valence-electron chi connectivity index (χ3n) is 2.22. The van der Waals surface area contributed by atoms with E-state index in [1.54, 1.807) is 0 Å². The van der Waals surface area contributed by atoms with E-state index in [2.05, 4.69) is 15.3 Å². The van der Waals surface area contributed by atoms with E-state index < -0.39 is 0 Å². The first-order valence-corrected chi connectivity index (χ1v) is 5.54. The summed E-state index contributed by atoms with van der Waals surface area (Å²) in [6.07, 6.45) is 2.94. The van der Waals surface area contributed by atoms with Crippen LogP contribution in [0.15, 0.2) is 36.7 Å². The van der Waals surface area contributed by atoms with Crippen molar-refractivity contribution in [3.63, 3.8) is 0 Å². The molecule has 1 aromatic heterocycles. The molecule has 0 aliphatic carbocycles. The molecule has 18 heavy (non-hydrogen) atoms. The first-order chi connectivity index (χ1) is 8.83. The maximum Gasteiger partial charge on any atom is 0.158 e. The van der Waals surface area contributed by atoms with E-state index in [4.69, 9.17) is 10.00 Å². The van der Waals surface area contributed by atoms with Gasteiger partial charge in [-0.15, -0.1) is 0 Å². The summed E-state index contributed by atoms with van der Waals surface area (Å²) in [6.45, 7) is 2.52. The average Bonchev–Trinajstić information content (AvgIpc) is 2.42. The van der Waals surface area contributed by atoms with Gasteiger partial charge in [0.05, 0.1) is 24.7 Å². The number of aromatic nitrogens is 2. The maximum absolute atomic E-state index is 8.64. The molecule has 0 saturated carbocycles. The summed E-state index contributed by atoms with van der Waals surface area (Å²) in [6, 6.07) is 9.50. The largest absolute Gasteiger partial charge is 0.492 e. The number of nitrogens with one attached hydrogen (secondary N) is 1. The molecule has 0 radical (unpaired) electrons. The number of rotatable bonds is 4. The first-order valence-electron chi connectivity index (χ1n) is 5.54. The van der Waals surface area contributed by atoms with Crippen LogP contribution in [0, 0.1) is 11.3 Å². The number of benzene rings is 1. The van der Waals surface area contributed by atoms with Crippen molar-refractivity contribution >= 4 is 11.5 Å². The number of anilines is 2. The highest BCUT2D eigenvalue weighted by molar-refractivity contribution is 5.63. The molecule has 0 unspecified atom stereocenters. The van der Waals surface area contributed by atoms with Crippen molar-refractivity contribution in [2.45, 2.75) is 6.92 Å². The molecule has 0 atom stereocenters. The maximum atomic E-state index is 8.64. The molecular formula is C13H12N4O. The minimum Gasteiger partial charge on any atom is -0.492 e. The molecule has 0 fully saturated rings. The van der Waals surface area contributed by atoms with E-state index in [0.29, 0.717) is 18.1 Å². The van der Waals surface area contributed by atoms with Crippen molar-refractivity contribution in [3.05, 3.63) is 42.4 Å². The molecule has 0 aliphatic heterocycles. The van der Waals surface area contributed by atoms with Crippen LogP contribution in [0.25, 0.3) is 0 Å². The molecule has 2 rings (SSSR count). The molecule has 0 spiro atoms. The van der Waals surface area contributed by atoms with Crippen molar-refractivity contribution in [1.82, 2.24) is 9.97 Å². The van der Waals surface area contributed by atoms with Crippen LogP contribution in [0.5, 0.6) is 5.75 Å². The Bertz CT molecular complexity index is 560. The van der Waals surface area contributed by atoms with Gasteiger partial charge in [0, 0.05) is 0 Å². The lowest BCUT2D eigenvalue weighted by Gasteiger charge is -2.11. The van der Waals surface area contributed by atoms with Crippen molar-refractivity contribution < 1.29 is 4.74 Å². The predicted molar refractivity (Wildman–Crippen MR) is 67.6 cm³/mol. The molecule has 0 saturated heterocycles. The van der Waals surface area contributed by atoms with Gasteiger partial charge in [0.2, 0.25) is 0 Å². The first kappa shape index (κ1) is 11.9. The molecule has 0 bridgehead atoms. The fourth-order valence-corrected chi connectivity index (χ4v) is 1.44. The summed E-state index contributed by atoms with van der Waals surface area (Å²) in [5, 5.41) is 11.7. The number of nitriles is 1. The van der Waals surface area contributed by atoms with Gasteiger partial charge in [-0.1, -0.05) is 12.1 Å². The lowest BCUT2D eigenvalue weighted by Crippen LogP contribution is -1.99. The molecular weight excluding hydrogens is 228 g/mol. The lowest BCUT2D eigenvalue weighted by atomic mass is 10.3. The van der Waals surface area contributed by atoms with Crippen molar-refractivity contribution in [2.24, 2.45) is 0 Å². The van der Waals surface area contributed by atoms with Gasteiger partial charge in [-0.3, -0.25) is 0 Å². The SMILES string of the molecule is CCOc1ccccc1Nc1cnc(C#N)cn1. The Morgan fingerprint density at radius 3 is 2.78 bits per heavy atom. The van der Waals surface area contributed by atoms with Gasteiger partial charge in [-0.25, -0.2) is 9.97 Å². The van der Waals surface area contributed by atoms with E-state index >= 15 is 0 Å². The Balaban J connectivity index is 2.20. The third kappa shape index (κ3) is 2.74. The van der Waals surface area contributed by atoms with Crippen LogP contribution in [0.3, 0.4) is 0 Å². The summed E-state index contributed by atoms with van der Waals surface area (Å²) >= 11 is 0. The van der Waals surface area contributed by atoms with Crippen LogP contribution in [-0.2, 0) is 0 Å². The smallest absolute Gasteiger partial charge is 0.158 e. The van der Waals surface area contributed by atoms with E-state index in [1.807, 2.05) is 37.3 Å². The Morgan fingerprint density at radius 1 is 1.28 bits per heavy atom. The summed E-state index contributed by atoms with van der Waals surface area (Å²) in [7, 11) is 0. The van der Waals surface area contributed by atoms with Gasteiger partial charge in [0.25, 0.3) is 0 Å². The van der Waals surface area contributed by atoms with Gasteiger partial charge in [-0.2, -0.15) is 5.26 Å². The zero-order chi connectivity index (χ0) is 12.8. The van der Waals surface area contributed by atoms with Crippen molar-refractivity contribution in [3.8, 4) is 11.8 Å². The zero-order valence-corrected chi connectivity index (χ0v) is 9.92. The summed E-state index contributed by atoms with van der Waals surface area (Å²) in [5.41, 5.74) is 1.11. The van der Waals surface area contributed by atoms with Gasteiger partial charge in [-0.05, 0) is 19.1 Å². The quantitative estimate of drug-likeness (QED) is 0.889. The molecule has 0 amide bonds. The predicted octanol–water partition coefficient (Wildman–Crippen LogP) is 2.49.